The van der Waals surface area contributed by atoms with E-state index in [1.807, 2.05) is 0 Å². The van der Waals surface area contributed by atoms with Crippen LogP contribution in [0.1, 0.15) is 19.3 Å². The second kappa shape index (κ2) is 3.25. The zero-order valence-electron chi connectivity index (χ0n) is 9.19. The third-order valence-electron chi connectivity index (χ3n) is 4.85. The van der Waals surface area contributed by atoms with Crippen molar-refractivity contribution in [2.45, 2.75) is 19.3 Å². The third kappa shape index (κ3) is 1.22. The topological polar surface area (TPSA) is 41.5 Å². The van der Waals surface area contributed by atoms with Gasteiger partial charge in [-0.25, -0.2) is 0 Å². The highest BCUT2D eigenvalue weighted by molar-refractivity contribution is 8.14. The van der Waals surface area contributed by atoms with Crippen molar-refractivity contribution in [3.05, 3.63) is 0 Å². The van der Waals surface area contributed by atoms with Gasteiger partial charge >= 0.3 is 0 Å². The average Bonchev–Trinajstić information content (AvgIpc) is 2.73. The number of rotatable bonds is 1. The molecule has 4 aliphatic rings. The lowest BCUT2D eigenvalue weighted by molar-refractivity contribution is -0.121. The molecule has 4 heteroatoms. The Hall–Kier alpha value is -0.510. The Labute approximate surface area is 99.5 Å². The normalized spacial score (nSPS) is 47.8. The van der Waals surface area contributed by atoms with Crippen molar-refractivity contribution in [1.29, 1.82) is 0 Å². The number of amidine groups is 1. The number of nitrogens with one attached hydrogen (secondary N) is 1. The molecule has 1 N–H and O–H groups in total. The summed E-state index contributed by atoms with van der Waals surface area (Å²) in [7, 11) is 0. The molecule has 86 valence electrons. The first-order chi connectivity index (χ1) is 7.84. The van der Waals surface area contributed by atoms with Crippen molar-refractivity contribution < 1.29 is 4.79 Å². The number of aliphatic imine (C=N–C) groups is 1. The molecule has 0 aromatic heterocycles. The van der Waals surface area contributed by atoms with Crippen LogP contribution in [-0.2, 0) is 4.79 Å². The minimum atomic E-state index is 0.264. The highest BCUT2D eigenvalue weighted by Crippen LogP contribution is 2.69. The Bertz CT molecular complexity index is 365. The van der Waals surface area contributed by atoms with Gasteiger partial charge in [0.2, 0.25) is 5.91 Å². The highest BCUT2D eigenvalue weighted by atomic mass is 32.2. The maximum Gasteiger partial charge on any atom is 0.229 e. The van der Waals surface area contributed by atoms with Crippen molar-refractivity contribution in [3.63, 3.8) is 0 Å². The number of hydrogen-bond acceptors (Lipinski definition) is 3. The van der Waals surface area contributed by atoms with E-state index in [0.717, 1.165) is 41.1 Å². The fourth-order valence-corrected chi connectivity index (χ4v) is 5.01. The van der Waals surface area contributed by atoms with Gasteiger partial charge in [-0.05, 0) is 42.9 Å². The van der Waals surface area contributed by atoms with Crippen molar-refractivity contribution in [2.24, 2.45) is 34.6 Å². The molecular formula is C12H16N2OS. The van der Waals surface area contributed by atoms with Gasteiger partial charge in [-0.15, -0.1) is 0 Å². The van der Waals surface area contributed by atoms with E-state index in [2.05, 4.69) is 10.3 Å². The number of amides is 1. The minimum Gasteiger partial charge on any atom is -0.305 e. The molecule has 1 aliphatic heterocycles. The summed E-state index contributed by atoms with van der Waals surface area (Å²) in [6.07, 6.45) is 4.17. The Balaban J connectivity index is 1.43. The quantitative estimate of drug-likeness (QED) is 0.749. The van der Waals surface area contributed by atoms with Gasteiger partial charge in [0.1, 0.15) is 0 Å². The second-order valence-corrected chi connectivity index (χ2v) is 6.62. The van der Waals surface area contributed by atoms with Gasteiger partial charge in [-0.3, -0.25) is 9.79 Å². The molecule has 16 heavy (non-hydrogen) atoms. The van der Waals surface area contributed by atoms with Crippen molar-refractivity contribution in [2.75, 3.05) is 12.3 Å². The smallest absolute Gasteiger partial charge is 0.229 e. The van der Waals surface area contributed by atoms with Crippen LogP contribution < -0.4 is 5.32 Å². The predicted molar refractivity (Wildman–Crippen MR) is 64.2 cm³/mol. The lowest BCUT2D eigenvalue weighted by Crippen LogP contribution is -2.30. The Morgan fingerprint density at radius 3 is 2.69 bits per heavy atom. The van der Waals surface area contributed by atoms with Crippen LogP contribution in [0, 0.1) is 29.6 Å². The standard InChI is InChI=1S/C12H16N2OS/c15-11(14-12-13-3-4-16-12)10-8-6-1-2-7(5-6)9(8)10/h6-10H,1-5H2,(H,13,14,15)/t6-,7-,8-,9-/m0/s1. The molecule has 0 spiro atoms. The summed E-state index contributed by atoms with van der Waals surface area (Å²) in [6.45, 7) is 0.864. The first-order valence-electron chi connectivity index (χ1n) is 6.33. The summed E-state index contributed by atoms with van der Waals surface area (Å²) >= 11 is 1.68. The summed E-state index contributed by atoms with van der Waals surface area (Å²) in [5, 5.41) is 3.88. The molecule has 3 nitrogen and oxygen atoms in total. The fraction of sp³-hybridized carbons (Fsp3) is 0.833. The molecule has 3 saturated carbocycles. The molecule has 0 aromatic rings. The van der Waals surface area contributed by atoms with Crippen LogP contribution in [0.4, 0.5) is 0 Å². The van der Waals surface area contributed by atoms with E-state index in [1.54, 1.807) is 11.8 Å². The third-order valence-corrected chi connectivity index (χ3v) is 5.74. The van der Waals surface area contributed by atoms with Crippen LogP contribution in [0.5, 0.6) is 0 Å². The van der Waals surface area contributed by atoms with E-state index in [1.165, 1.54) is 19.3 Å². The van der Waals surface area contributed by atoms with E-state index in [4.69, 9.17) is 0 Å². The van der Waals surface area contributed by atoms with Crippen molar-refractivity contribution >= 4 is 22.8 Å². The van der Waals surface area contributed by atoms with Crippen LogP contribution in [0.15, 0.2) is 4.99 Å². The fourth-order valence-electron chi connectivity index (χ4n) is 4.28. The van der Waals surface area contributed by atoms with Crippen molar-refractivity contribution in [1.82, 2.24) is 5.32 Å². The van der Waals surface area contributed by atoms with Gasteiger partial charge in [0.15, 0.2) is 5.17 Å². The van der Waals surface area contributed by atoms with Crippen LogP contribution in [-0.4, -0.2) is 23.4 Å². The Morgan fingerprint density at radius 2 is 2.06 bits per heavy atom. The van der Waals surface area contributed by atoms with Gasteiger partial charge in [0.25, 0.3) is 0 Å². The maximum absolute atomic E-state index is 12.1. The largest absolute Gasteiger partial charge is 0.305 e. The summed E-state index contributed by atoms with van der Waals surface area (Å²) in [4.78, 5) is 16.4. The molecule has 3 fully saturated rings. The number of carbonyl (C=O) groups is 1. The molecule has 4 rings (SSSR count). The zero-order chi connectivity index (χ0) is 10.7. The summed E-state index contributed by atoms with van der Waals surface area (Å²) in [5.41, 5.74) is 0. The Morgan fingerprint density at radius 1 is 1.31 bits per heavy atom. The van der Waals surface area contributed by atoms with Crippen molar-refractivity contribution in [3.8, 4) is 0 Å². The first kappa shape index (κ1) is 9.51. The average molecular weight is 236 g/mol. The lowest BCUT2D eigenvalue weighted by Gasteiger charge is -2.08. The van der Waals surface area contributed by atoms with Gasteiger partial charge < -0.3 is 5.32 Å². The molecule has 2 bridgehead atoms. The highest BCUT2D eigenvalue weighted by Gasteiger charge is 2.67. The number of thioether (sulfide) groups is 1. The van der Waals surface area contributed by atoms with E-state index < -0.39 is 0 Å². The Kier molecular flexibility index (Phi) is 1.93. The van der Waals surface area contributed by atoms with E-state index >= 15 is 0 Å². The van der Waals surface area contributed by atoms with Crippen LogP contribution in [0.2, 0.25) is 0 Å². The number of hydrogen-bond donors (Lipinski definition) is 1. The van der Waals surface area contributed by atoms with Gasteiger partial charge in [-0.1, -0.05) is 11.8 Å². The van der Waals surface area contributed by atoms with Gasteiger partial charge in [0, 0.05) is 11.7 Å². The lowest BCUT2D eigenvalue weighted by atomic mass is 10.0. The van der Waals surface area contributed by atoms with E-state index in [-0.39, 0.29) is 5.91 Å². The van der Waals surface area contributed by atoms with Gasteiger partial charge in [-0.2, -0.15) is 0 Å². The molecule has 0 unspecified atom stereocenters. The monoisotopic (exact) mass is 236 g/mol. The molecule has 1 heterocycles. The summed E-state index contributed by atoms with van der Waals surface area (Å²) in [5.74, 6) is 4.87. The summed E-state index contributed by atoms with van der Waals surface area (Å²) < 4.78 is 0. The predicted octanol–water partition coefficient (Wildman–Crippen LogP) is 1.50. The molecule has 0 saturated heterocycles. The number of nitrogens with zero attached hydrogens (tertiary/aromatic N) is 1. The molecule has 3 aliphatic carbocycles. The molecular weight excluding hydrogens is 220 g/mol. The maximum atomic E-state index is 12.1. The van der Waals surface area contributed by atoms with E-state index in [0.29, 0.717) is 5.92 Å². The molecule has 0 aromatic carbocycles. The number of fused-ring (bicyclic) bond motifs is 5. The summed E-state index contributed by atoms with van der Waals surface area (Å²) in [6, 6.07) is 0. The molecule has 0 radical (unpaired) electrons. The molecule has 4 atom stereocenters. The molecule has 1 amide bonds. The van der Waals surface area contributed by atoms with Gasteiger partial charge in [0.05, 0.1) is 6.54 Å². The minimum absolute atomic E-state index is 0.264. The van der Waals surface area contributed by atoms with Crippen LogP contribution >= 0.6 is 11.8 Å². The first-order valence-corrected chi connectivity index (χ1v) is 7.31. The number of carbonyl (C=O) groups excluding carboxylic acids is 1. The second-order valence-electron chi connectivity index (χ2n) is 5.54. The zero-order valence-corrected chi connectivity index (χ0v) is 10.0. The van der Waals surface area contributed by atoms with E-state index in [9.17, 15) is 4.79 Å². The SMILES string of the molecule is O=C(NC1=NCCS1)C1[C@H]2[C@H]3CC[C@@H](C3)[C@H]12. The van der Waals surface area contributed by atoms with Crippen LogP contribution in [0.25, 0.3) is 0 Å². The van der Waals surface area contributed by atoms with Crippen LogP contribution in [0.3, 0.4) is 0 Å².